The number of pyridine rings is 1. The van der Waals surface area contributed by atoms with E-state index in [9.17, 15) is 0 Å². The number of nitrogens with zero attached hydrogens (tertiary/aromatic N) is 1. The molecule has 2 aromatic rings. The topological polar surface area (TPSA) is 12.9 Å². The van der Waals surface area contributed by atoms with E-state index in [4.69, 9.17) is 0 Å². The van der Waals surface area contributed by atoms with Crippen molar-refractivity contribution in [2.24, 2.45) is 0 Å². The second-order valence-electron chi connectivity index (χ2n) is 4.56. The van der Waals surface area contributed by atoms with Gasteiger partial charge < -0.3 is 0 Å². The van der Waals surface area contributed by atoms with Crippen LogP contribution in [0, 0.1) is 0 Å². The number of halogens is 1. The van der Waals surface area contributed by atoms with Crippen molar-refractivity contribution >= 4 is 26.8 Å². The van der Waals surface area contributed by atoms with Crippen molar-refractivity contribution < 1.29 is 0 Å². The quantitative estimate of drug-likeness (QED) is 0.709. The van der Waals surface area contributed by atoms with E-state index < -0.39 is 0 Å². The summed E-state index contributed by atoms with van der Waals surface area (Å²) in [6, 6.07) is 10.8. The summed E-state index contributed by atoms with van der Waals surface area (Å²) in [5, 5.41) is 1.24. The van der Waals surface area contributed by atoms with Gasteiger partial charge in [-0.15, -0.1) is 0 Å². The molecule has 1 aromatic carbocycles. The number of aromatic nitrogens is 1. The molecule has 0 saturated heterocycles. The first-order chi connectivity index (χ1) is 7.83. The van der Waals surface area contributed by atoms with Gasteiger partial charge in [-0.25, -0.2) is 0 Å². The lowest BCUT2D eigenvalue weighted by molar-refractivity contribution is 0.726. The maximum absolute atomic E-state index is 4.42. The highest BCUT2D eigenvalue weighted by molar-refractivity contribution is 9.09. The monoisotopic (exact) mass is 275 g/mol. The Labute approximate surface area is 104 Å². The van der Waals surface area contributed by atoms with Crippen LogP contribution in [0.3, 0.4) is 0 Å². The molecule has 82 valence electrons. The van der Waals surface area contributed by atoms with Crippen LogP contribution in [-0.2, 0) is 0 Å². The molecule has 1 fully saturated rings. The van der Waals surface area contributed by atoms with Crippen molar-refractivity contribution in [2.45, 2.75) is 30.0 Å². The standard InChI is InChI=1S/C14H14BrN/c15-13-6-5-11(8-13)12-4-3-10-2-1-7-16-14(10)9-12/h1-4,7,9,11,13H,5-6,8H2. The third kappa shape index (κ3) is 1.86. The molecule has 0 bridgehead atoms. The molecule has 2 atom stereocenters. The highest BCUT2D eigenvalue weighted by Gasteiger charge is 2.23. The SMILES string of the molecule is BrC1CCC(c2ccc3cccnc3c2)C1. The fourth-order valence-electron chi connectivity index (χ4n) is 2.57. The minimum atomic E-state index is 0.705. The average Bonchev–Trinajstić information content (AvgIpc) is 2.75. The van der Waals surface area contributed by atoms with Crippen LogP contribution in [0.5, 0.6) is 0 Å². The van der Waals surface area contributed by atoms with Crippen LogP contribution in [0.4, 0.5) is 0 Å². The minimum Gasteiger partial charge on any atom is -0.256 e. The molecule has 0 N–H and O–H groups in total. The summed E-state index contributed by atoms with van der Waals surface area (Å²) in [6.07, 6.45) is 5.73. The average molecular weight is 276 g/mol. The molecule has 16 heavy (non-hydrogen) atoms. The molecule has 0 aliphatic heterocycles. The second kappa shape index (κ2) is 4.17. The molecule has 0 radical (unpaired) electrons. The summed E-state index contributed by atoms with van der Waals surface area (Å²) < 4.78 is 0. The Morgan fingerprint density at radius 1 is 1.19 bits per heavy atom. The van der Waals surface area contributed by atoms with Gasteiger partial charge in [0.2, 0.25) is 0 Å². The Hall–Kier alpha value is -0.890. The molecule has 2 heteroatoms. The zero-order chi connectivity index (χ0) is 11.0. The summed E-state index contributed by atoms with van der Waals surface area (Å²) in [4.78, 5) is 5.13. The van der Waals surface area contributed by atoms with E-state index >= 15 is 0 Å². The lowest BCUT2D eigenvalue weighted by Crippen LogP contribution is -1.94. The predicted molar refractivity (Wildman–Crippen MR) is 71.1 cm³/mol. The summed E-state index contributed by atoms with van der Waals surface area (Å²) in [6.45, 7) is 0. The van der Waals surface area contributed by atoms with E-state index in [0.29, 0.717) is 4.83 Å². The van der Waals surface area contributed by atoms with Crippen molar-refractivity contribution in [3.63, 3.8) is 0 Å². The van der Waals surface area contributed by atoms with Crippen LogP contribution in [0.25, 0.3) is 10.9 Å². The molecule has 0 spiro atoms. The number of rotatable bonds is 1. The van der Waals surface area contributed by atoms with Gasteiger partial charge in [-0.2, -0.15) is 0 Å². The Kier molecular flexibility index (Phi) is 2.68. The molecule has 1 aromatic heterocycles. The first kappa shape index (κ1) is 10.3. The Morgan fingerprint density at radius 2 is 2.12 bits per heavy atom. The zero-order valence-electron chi connectivity index (χ0n) is 9.07. The van der Waals surface area contributed by atoms with Crippen LogP contribution in [0.15, 0.2) is 36.5 Å². The molecular formula is C14H14BrN. The highest BCUT2D eigenvalue weighted by atomic mass is 79.9. The van der Waals surface area contributed by atoms with Gasteiger partial charge in [0.15, 0.2) is 0 Å². The minimum absolute atomic E-state index is 0.705. The molecule has 1 aliphatic rings. The van der Waals surface area contributed by atoms with Gasteiger partial charge in [0.1, 0.15) is 0 Å². The fraction of sp³-hybridized carbons (Fsp3) is 0.357. The summed E-state index contributed by atoms with van der Waals surface area (Å²) in [7, 11) is 0. The fourth-order valence-corrected chi connectivity index (χ4v) is 3.28. The highest BCUT2D eigenvalue weighted by Crippen LogP contribution is 2.38. The van der Waals surface area contributed by atoms with Crippen molar-refractivity contribution in [1.29, 1.82) is 0 Å². The number of hydrogen-bond donors (Lipinski definition) is 0. The van der Waals surface area contributed by atoms with E-state index in [1.165, 1.54) is 30.2 Å². The van der Waals surface area contributed by atoms with Crippen LogP contribution in [0.1, 0.15) is 30.7 Å². The smallest absolute Gasteiger partial charge is 0.0704 e. The van der Waals surface area contributed by atoms with E-state index in [-0.39, 0.29) is 0 Å². The first-order valence-corrected chi connectivity index (χ1v) is 6.73. The first-order valence-electron chi connectivity index (χ1n) is 5.82. The molecular weight excluding hydrogens is 262 g/mol. The van der Waals surface area contributed by atoms with E-state index in [2.05, 4.69) is 45.2 Å². The number of fused-ring (bicyclic) bond motifs is 1. The van der Waals surface area contributed by atoms with Gasteiger partial charge in [0, 0.05) is 16.4 Å². The normalized spacial score (nSPS) is 25.1. The van der Waals surface area contributed by atoms with Crippen molar-refractivity contribution in [1.82, 2.24) is 4.98 Å². The third-order valence-electron chi connectivity index (χ3n) is 3.47. The number of hydrogen-bond acceptors (Lipinski definition) is 1. The van der Waals surface area contributed by atoms with Gasteiger partial charge in [0.05, 0.1) is 5.52 Å². The van der Waals surface area contributed by atoms with Gasteiger partial charge in [0.25, 0.3) is 0 Å². The molecule has 3 rings (SSSR count). The molecule has 1 heterocycles. The zero-order valence-corrected chi connectivity index (χ0v) is 10.7. The van der Waals surface area contributed by atoms with Gasteiger partial charge >= 0.3 is 0 Å². The lowest BCUT2D eigenvalue weighted by atomic mass is 9.96. The number of benzene rings is 1. The number of alkyl halides is 1. The van der Waals surface area contributed by atoms with Crippen LogP contribution in [0.2, 0.25) is 0 Å². The second-order valence-corrected chi connectivity index (χ2v) is 5.86. The molecule has 1 nitrogen and oxygen atoms in total. The van der Waals surface area contributed by atoms with Crippen molar-refractivity contribution in [3.8, 4) is 0 Å². The van der Waals surface area contributed by atoms with E-state index in [1.807, 2.05) is 12.3 Å². The molecule has 1 saturated carbocycles. The van der Waals surface area contributed by atoms with Gasteiger partial charge in [-0.3, -0.25) is 4.98 Å². The van der Waals surface area contributed by atoms with Crippen LogP contribution >= 0.6 is 15.9 Å². The summed E-state index contributed by atoms with van der Waals surface area (Å²) >= 11 is 3.71. The summed E-state index contributed by atoms with van der Waals surface area (Å²) in [5.74, 6) is 0.718. The predicted octanol–water partition coefficient (Wildman–Crippen LogP) is 4.27. The largest absolute Gasteiger partial charge is 0.256 e. The molecule has 1 aliphatic carbocycles. The van der Waals surface area contributed by atoms with Crippen LogP contribution in [-0.4, -0.2) is 9.81 Å². The molecule has 0 amide bonds. The summed E-state index contributed by atoms with van der Waals surface area (Å²) in [5.41, 5.74) is 2.58. The Balaban J connectivity index is 1.99. The van der Waals surface area contributed by atoms with Crippen molar-refractivity contribution in [3.05, 3.63) is 42.1 Å². The van der Waals surface area contributed by atoms with Gasteiger partial charge in [-0.1, -0.05) is 34.1 Å². The van der Waals surface area contributed by atoms with E-state index in [1.54, 1.807) is 0 Å². The molecule has 2 unspecified atom stereocenters. The maximum Gasteiger partial charge on any atom is 0.0704 e. The van der Waals surface area contributed by atoms with Crippen LogP contribution < -0.4 is 0 Å². The maximum atomic E-state index is 4.42. The van der Waals surface area contributed by atoms with Crippen molar-refractivity contribution in [2.75, 3.05) is 0 Å². The van der Waals surface area contributed by atoms with E-state index in [0.717, 1.165) is 11.4 Å². The third-order valence-corrected chi connectivity index (χ3v) is 4.30. The van der Waals surface area contributed by atoms with Gasteiger partial charge in [-0.05, 0) is 42.9 Å². The Bertz CT molecular complexity index is 509. The Morgan fingerprint density at radius 3 is 2.94 bits per heavy atom. The lowest BCUT2D eigenvalue weighted by Gasteiger charge is -2.10.